The van der Waals surface area contributed by atoms with E-state index in [0.717, 1.165) is 0 Å². The van der Waals surface area contributed by atoms with Crippen molar-refractivity contribution in [3.8, 4) is 11.5 Å². The molecule has 22 heavy (non-hydrogen) atoms. The van der Waals surface area contributed by atoms with Gasteiger partial charge in [-0.1, -0.05) is 20.8 Å². The summed E-state index contributed by atoms with van der Waals surface area (Å²) < 4.78 is 17.5. The van der Waals surface area contributed by atoms with Crippen LogP contribution in [0.1, 0.15) is 20.8 Å². The maximum atomic E-state index is 10.8. The molecule has 2 rings (SSSR count). The van der Waals surface area contributed by atoms with E-state index < -0.39 is 13.2 Å². The average Bonchev–Trinajstić information content (AvgIpc) is 2.43. The molecule has 0 spiro atoms. The molecule has 1 atom stereocenters. The first kappa shape index (κ1) is 16.8. The van der Waals surface area contributed by atoms with Crippen molar-refractivity contribution in [2.24, 2.45) is 0 Å². The highest BCUT2D eigenvalue weighted by atomic mass is 28.4. The van der Waals surface area contributed by atoms with Crippen LogP contribution in [0.2, 0.25) is 18.1 Å². The lowest BCUT2D eigenvalue weighted by Crippen LogP contribution is -2.45. The highest BCUT2D eigenvalue weighted by Gasteiger charge is 2.38. The Hall–Kier alpha value is -1.60. The van der Waals surface area contributed by atoms with E-state index in [1.165, 1.54) is 12.1 Å². The lowest BCUT2D eigenvalue weighted by atomic mass is 10.2. The maximum absolute atomic E-state index is 10.8. The molecule has 0 aliphatic carbocycles. The van der Waals surface area contributed by atoms with Crippen molar-refractivity contribution in [3.63, 3.8) is 0 Å². The van der Waals surface area contributed by atoms with Gasteiger partial charge in [-0.15, -0.1) is 0 Å². The maximum Gasteiger partial charge on any atom is 0.273 e. The third-order valence-corrected chi connectivity index (χ3v) is 8.79. The molecular weight excluding hydrogens is 302 g/mol. The largest absolute Gasteiger partial charge is 0.485 e. The highest BCUT2D eigenvalue weighted by molar-refractivity contribution is 6.74. The summed E-state index contributed by atoms with van der Waals surface area (Å²) in [5.74, 6) is 0.943. The fraction of sp³-hybridized carbons (Fsp3) is 0.600. The Morgan fingerprint density at radius 2 is 2.05 bits per heavy atom. The van der Waals surface area contributed by atoms with E-state index in [1.807, 2.05) is 0 Å². The zero-order valence-electron chi connectivity index (χ0n) is 13.7. The lowest BCUT2D eigenvalue weighted by Gasteiger charge is -2.37. The van der Waals surface area contributed by atoms with Gasteiger partial charge in [-0.05, 0) is 24.2 Å². The zero-order valence-corrected chi connectivity index (χ0v) is 14.7. The Kier molecular flexibility index (Phi) is 4.48. The van der Waals surface area contributed by atoms with Crippen molar-refractivity contribution < 1.29 is 18.8 Å². The molecule has 0 amide bonds. The smallest absolute Gasteiger partial charge is 0.273 e. The van der Waals surface area contributed by atoms with E-state index in [1.54, 1.807) is 6.07 Å². The van der Waals surface area contributed by atoms with E-state index >= 15 is 0 Å². The molecule has 0 fully saturated rings. The van der Waals surface area contributed by atoms with Crippen LogP contribution in [0, 0.1) is 10.1 Å². The first-order chi connectivity index (χ1) is 10.1. The van der Waals surface area contributed by atoms with Gasteiger partial charge >= 0.3 is 0 Å². The van der Waals surface area contributed by atoms with Gasteiger partial charge in [-0.2, -0.15) is 0 Å². The molecular formula is C15H23NO5Si. The molecule has 0 N–H and O–H groups in total. The summed E-state index contributed by atoms with van der Waals surface area (Å²) in [6.45, 7) is 11.7. The van der Waals surface area contributed by atoms with Gasteiger partial charge in [0, 0.05) is 6.07 Å². The van der Waals surface area contributed by atoms with Gasteiger partial charge in [0.05, 0.1) is 17.6 Å². The number of hydrogen-bond donors (Lipinski definition) is 0. The van der Waals surface area contributed by atoms with Gasteiger partial charge in [0.1, 0.15) is 6.61 Å². The number of nitro groups is 1. The van der Waals surface area contributed by atoms with Crippen LogP contribution < -0.4 is 9.47 Å². The number of non-ortho nitro benzene ring substituents is 1. The number of nitro benzene ring substituents is 1. The zero-order chi connectivity index (χ0) is 16.5. The number of rotatable bonds is 4. The van der Waals surface area contributed by atoms with Gasteiger partial charge in [0.25, 0.3) is 5.69 Å². The van der Waals surface area contributed by atoms with Crippen LogP contribution in [-0.2, 0) is 4.43 Å². The van der Waals surface area contributed by atoms with Crippen molar-refractivity contribution in [2.75, 3.05) is 13.2 Å². The van der Waals surface area contributed by atoms with E-state index in [0.29, 0.717) is 24.7 Å². The number of fused-ring (bicyclic) bond motifs is 1. The second kappa shape index (κ2) is 5.89. The minimum absolute atomic E-state index is 0.00155. The van der Waals surface area contributed by atoms with Crippen molar-refractivity contribution >= 4 is 14.0 Å². The average molecular weight is 325 g/mol. The second-order valence-electron chi connectivity index (χ2n) is 7.01. The van der Waals surface area contributed by atoms with Crippen molar-refractivity contribution in [1.82, 2.24) is 0 Å². The van der Waals surface area contributed by atoms with Gasteiger partial charge < -0.3 is 13.9 Å². The molecule has 0 radical (unpaired) electrons. The number of ether oxygens (including phenoxy) is 2. The topological polar surface area (TPSA) is 70.8 Å². The Morgan fingerprint density at radius 1 is 1.36 bits per heavy atom. The standard InChI is InChI=1S/C15H23NO5Si/c1-15(2,3)22(4,5)20-10-12-9-19-14-8-11(16(17)18)6-7-13(14)21-12/h6-8,12H,9-10H2,1-5H3. The predicted octanol–water partition coefficient (Wildman–Crippen LogP) is 3.76. The van der Waals surface area contributed by atoms with Gasteiger partial charge in [0.15, 0.2) is 25.9 Å². The highest BCUT2D eigenvalue weighted by Crippen LogP contribution is 2.38. The molecule has 1 aromatic rings. The van der Waals surface area contributed by atoms with E-state index in [2.05, 4.69) is 33.9 Å². The molecule has 0 saturated carbocycles. The van der Waals surface area contributed by atoms with Crippen molar-refractivity contribution in [3.05, 3.63) is 28.3 Å². The molecule has 1 aliphatic rings. The van der Waals surface area contributed by atoms with Crippen molar-refractivity contribution in [1.29, 1.82) is 0 Å². The summed E-state index contributed by atoms with van der Waals surface area (Å²) in [6.07, 6.45) is -0.192. The first-order valence-electron chi connectivity index (χ1n) is 7.32. The number of nitrogens with zero attached hydrogens (tertiary/aromatic N) is 1. The summed E-state index contributed by atoms with van der Waals surface area (Å²) in [6, 6.07) is 4.38. The van der Waals surface area contributed by atoms with Crippen LogP contribution in [0.25, 0.3) is 0 Å². The minimum Gasteiger partial charge on any atom is -0.485 e. The Labute approximate surface area is 131 Å². The Bertz CT molecular complexity index is 568. The first-order valence-corrected chi connectivity index (χ1v) is 10.2. The quantitative estimate of drug-likeness (QED) is 0.479. The Morgan fingerprint density at radius 3 is 2.64 bits per heavy atom. The van der Waals surface area contributed by atoms with E-state index in [4.69, 9.17) is 13.9 Å². The second-order valence-corrected chi connectivity index (χ2v) is 11.8. The van der Waals surface area contributed by atoms with Crippen LogP contribution >= 0.6 is 0 Å². The number of benzene rings is 1. The van der Waals surface area contributed by atoms with Crippen LogP contribution in [0.15, 0.2) is 18.2 Å². The molecule has 0 saturated heterocycles. The SMILES string of the molecule is CC(C)(C)[Si](C)(C)OCC1COc2cc([N+](=O)[O-])ccc2O1. The molecule has 1 heterocycles. The monoisotopic (exact) mass is 325 g/mol. The fourth-order valence-corrected chi connectivity index (χ4v) is 2.85. The fourth-order valence-electron chi connectivity index (χ4n) is 1.82. The molecule has 0 aromatic heterocycles. The van der Waals surface area contributed by atoms with Crippen LogP contribution in [0.3, 0.4) is 0 Å². The van der Waals surface area contributed by atoms with Crippen LogP contribution in [-0.4, -0.2) is 32.6 Å². The summed E-state index contributed by atoms with van der Waals surface area (Å²) in [5, 5.41) is 10.9. The van der Waals surface area contributed by atoms with Crippen molar-refractivity contribution in [2.45, 2.75) is 45.0 Å². The molecule has 1 aliphatic heterocycles. The minimum atomic E-state index is -1.83. The Balaban J connectivity index is 2.00. The van der Waals surface area contributed by atoms with E-state index in [9.17, 15) is 10.1 Å². The molecule has 1 unspecified atom stereocenters. The summed E-state index contributed by atoms with van der Waals surface area (Å²) in [4.78, 5) is 10.3. The number of hydrogen-bond acceptors (Lipinski definition) is 5. The third-order valence-electron chi connectivity index (χ3n) is 4.29. The molecule has 1 aromatic carbocycles. The van der Waals surface area contributed by atoms with Gasteiger partial charge in [-0.25, -0.2) is 0 Å². The molecule has 7 heteroatoms. The van der Waals surface area contributed by atoms with Crippen LogP contribution in [0.5, 0.6) is 11.5 Å². The van der Waals surface area contributed by atoms with Crippen LogP contribution in [0.4, 0.5) is 5.69 Å². The van der Waals surface area contributed by atoms with Gasteiger partial charge in [-0.3, -0.25) is 10.1 Å². The third kappa shape index (κ3) is 3.59. The normalized spacial score (nSPS) is 18.1. The van der Waals surface area contributed by atoms with Gasteiger partial charge in [0.2, 0.25) is 0 Å². The summed E-state index contributed by atoms with van der Waals surface area (Å²) in [7, 11) is -1.83. The lowest BCUT2D eigenvalue weighted by molar-refractivity contribution is -0.385. The molecule has 0 bridgehead atoms. The molecule has 6 nitrogen and oxygen atoms in total. The molecule has 122 valence electrons. The summed E-state index contributed by atoms with van der Waals surface area (Å²) >= 11 is 0. The van der Waals surface area contributed by atoms with E-state index in [-0.39, 0.29) is 16.8 Å². The summed E-state index contributed by atoms with van der Waals surface area (Å²) in [5.41, 5.74) is -0.00155. The predicted molar refractivity (Wildman–Crippen MR) is 86.2 cm³/mol.